The lowest BCUT2D eigenvalue weighted by Gasteiger charge is -2.23. The number of nitrogens with zero attached hydrogens (tertiary/aromatic N) is 4. The fourth-order valence-electron chi connectivity index (χ4n) is 3.77. The smallest absolute Gasteiger partial charge is 0.373 e. The average molecular weight is 667 g/mol. The van der Waals surface area contributed by atoms with Gasteiger partial charge in [-0.15, -0.1) is 0 Å². The molecule has 17 heteroatoms. The number of imidazole rings is 1. The third-order valence-corrected chi connectivity index (χ3v) is 8.62. The van der Waals surface area contributed by atoms with Crippen LogP contribution in [0.4, 0.5) is 4.39 Å². The number of carbonyl (C=O) groups excluding carboxylic acids is 3. The molecule has 0 fully saturated rings. The van der Waals surface area contributed by atoms with Gasteiger partial charge in [0.2, 0.25) is 0 Å². The van der Waals surface area contributed by atoms with E-state index < -0.39 is 55.5 Å². The standard InChI is InChI=1S/C23H26FN4O6P.C5H10O3.CO2/c1-4-31-23(29)15(2)11-35(30,34-17-8-6-5-7-9-17)14-32-19-10-18(24)22(33-19)28-13-27-20-16(3)25-12-26-21(20)28;1-3-5(2,8)4(6)7;2-1-3/h5-10,12-13,15,19,22H,4,11,14H2,1-3H3;8H,3H2,1-2H3,(H,6,7);/t15-,19+,22-,35-;;/m1../s1. The Morgan fingerprint density at radius 3 is 2.41 bits per heavy atom. The van der Waals surface area contributed by atoms with Crippen LogP contribution in [0.5, 0.6) is 5.75 Å². The van der Waals surface area contributed by atoms with E-state index in [1.807, 2.05) is 0 Å². The molecule has 1 aromatic carbocycles. The molecule has 3 heterocycles. The van der Waals surface area contributed by atoms with Crippen molar-refractivity contribution >= 4 is 36.6 Å². The quantitative estimate of drug-likeness (QED) is 0.207. The molecule has 250 valence electrons. The van der Waals surface area contributed by atoms with E-state index in [4.69, 9.17) is 38.5 Å². The van der Waals surface area contributed by atoms with Crippen LogP contribution in [-0.4, -0.2) is 78.8 Å². The lowest BCUT2D eigenvalue weighted by Crippen LogP contribution is -2.33. The minimum absolute atomic E-state index is 0.120. The fourth-order valence-corrected chi connectivity index (χ4v) is 5.87. The summed E-state index contributed by atoms with van der Waals surface area (Å²) in [5, 5.41) is 17.0. The van der Waals surface area contributed by atoms with Crippen molar-refractivity contribution in [3.63, 3.8) is 0 Å². The molecular formula is C29H36FN4O11P. The molecule has 2 aromatic heterocycles. The van der Waals surface area contributed by atoms with Gasteiger partial charge in [-0.3, -0.25) is 13.9 Å². The molecule has 15 nitrogen and oxygen atoms in total. The van der Waals surface area contributed by atoms with E-state index >= 15 is 0 Å². The Labute approximate surface area is 263 Å². The zero-order valence-electron chi connectivity index (χ0n) is 25.9. The lowest BCUT2D eigenvalue weighted by atomic mass is 10.1. The summed E-state index contributed by atoms with van der Waals surface area (Å²) in [5.41, 5.74) is 0.0497. The van der Waals surface area contributed by atoms with Crippen LogP contribution >= 0.6 is 7.37 Å². The van der Waals surface area contributed by atoms with Crippen LogP contribution in [0.1, 0.15) is 46.0 Å². The molecule has 1 unspecified atom stereocenters. The van der Waals surface area contributed by atoms with E-state index in [-0.39, 0.29) is 25.3 Å². The second kappa shape index (κ2) is 17.4. The third-order valence-electron chi connectivity index (χ3n) is 6.43. The maximum atomic E-state index is 14.8. The van der Waals surface area contributed by atoms with Crippen molar-refractivity contribution in [2.75, 3.05) is 19.1 Å². The van der Waals surface area contributed by atoms with Crippen LogP contribution in [0.25, 0.3) is 11.2 Å². The van der Waals surface area contributed by atoms with E-state index in [2.05, 4.69) is 15.0 Å². The summed E-state index contributed by atoms with van der Waals surface area (Å²) in [7, 11) is -3.57. The van der Waals surface area contributed by atoms with Gasteiger partial charge in [-0.2, -0.15) is 9.59 Å². The summed E-state index contributed by atoms with van der Waals surface area (Å²) in [5.74, 6) is -2.60. The van der Waals surface area contributed by atoms with Gasteiger partial charge in [-0.05, 0) is 39.3 Å². The van der Waals surface area contributed by atoms with Crippen molar-refractivity contribution in [3.8, 4) is 5.75 Å². The van der Waals surface area contributed by atoms with Crippen molar-refractivity contribution in [2.45, 2.75) is 59.2 Å². The van der Waals surface area contributed by atoms with Crippen LogP contribution < -0.4 is 4.52 Å². The van der Waals surface area contributed by atoms with Gasteiger partial charge in [-0.1, -0.05) is 32.0 Å². The van der Waals surface area contributed by atoms with Gasteiger partial charge >= 0.3 is 18.1 Å². The number of halogens is 1. The number of para-hydroxylation sites is 1. The van der Waals surface area contributed by atoms with Gasteiger partial charge in [0.15, 0.2) is 29.6 Å². The topological polar surface area (TPSA) is 206 Å². The number of aliphatic carboxylic acids is 1. The molecule has 4 rings (SSSR count). The zero-order chi connectivity index (χ0) is 34.5. The largest absolute Gasteiger partial charge is 0.479 e. The van der Waals surface area contributed by atoms with E-state index in [1.54, 1.807) is 58.0 Å². The van der Waals surface area contributed by atoms with E-state index in [0.717, 1.165) is 6.08 Å². The Morgan fingerprint density at radius 1 is 1.20 bits per heavy atom. The highest BCUT2D eigenvalue weighted by atomic mass is 31.2. The number of carbonyl (C=O) groups is 2. The Balaban J connectivity index is 0.000000577. The maximum absolute atomic E-state index is 14.8. The van der Waals surface area contributed by atoms with Crippen LogP contribution in [0.3, 0.4) is 0 Å². The average Bonchev–Trinajstić information content (AvgIpc) is 3.61. The summed E-state index contributed by atoms with van der Waals surface area (Å²) in [4.78, 5) is 50.9. The number of aliphatic hydroxyl groups is 1. The van der Waals surface area contributed by atoms with Crippen LogP contribution in [0, 0.1) is 12.8 Å². The highest BCUT2D eigenvalue weighted by Crippen LogP contribution is 2.49. The molecule has 0 bridgehead atoms. The highest BCUT2D eigenvalue weighted by Gasteiger charge is 2.36. The number of hydrogen-bond donors (Lipinski definition) is 2. The second-order valence-corrected chi connectivity index (χ2v) is 12.5. The number of fused-ring (bicyclic) bond motifs is 1. The molecule has 0 aliphatic carbocycles. The molecule has 5 atom stereocenters. The van der Waals surface area contributed by atoms with Crippen molar-refractivity contribution in [2.24, 2.45) is 5.92 Å². The number of aryl methyl sites for hydroxylation is 1. The number of ether oxygens (including phenoxy) is 3. The predicted molar refractivity (Wildman–Crippen MR) is 158 cm³/mol. The van der Waals surface area contributed by atoms with Crippen LogP contribution in [0.15, 0.2) is 54.9 Å². The third kappa shape index (κ3) is 10.6. The van der Waals surface area contributed by atoms with Gasteiger partial charge in [0, 0.05) is 6.08 Å². The zero-order valence-corrected chi connectivity index (χ0v) is 26.8. The number of benzene rings is 1. The molecule has 0 spiro atoms. The Morgan fingerprint density at radius 2 is 1.85 bits per heavy atom. The Hall–Kier alpha value is -4.33. The van der Waals surface area contributed by atoms with Crippen LogP contribution in [-0.2, 0) is 38.0 Å². The van der Waals surface area contributed by atoms with E-state index in [9.17, 15) is 18.5 Å². The minimum Gasteiger partial charge on any atom is -0.479 e. The van der Waals surface area contributed by atoms with Crippen molar-refractivity contribution < 1.29 is 57.1 Å². The van der Waals surface area contributed by atoms with Gasteiger partial charge in [0.25, 0.3) is 7.37 Å². The second-order valence-electron chi connectivity index (χ2n) is 10.1. The summed E-state index contributed by atoms with van der Waals surface area (Å²) >= 11 is 0. The van der Waals surface area contributed by atoms with Gasteiger partial charge < -0.3 is 28.9 Å². The lowest BCUT2D eigenvalue weighted by molar-refractivity contribution is -0.191. The molecule has 0 saturated heterocycles. The molecule has 3 aromatic rings. The van der Waals surface area contributed by atoms with Gasteiger partial charge in [0.05, 0.1) is 30.7 Å². The summed E-state index contributed by atoms with van der Waals surface area (Å²) < 4.78 is 52.1. The van der Waals surface area contributed by atoms with E-state index in [1.165, 1.54) is 24.1 Å². The molecule has 0 amide bonds. The number of esters is 1. The summed E-state index contributed by atoms with van der Waals surface area (Å²) in [6.45, 7) is 8.17. The summed E-state index contributed by atoms with van der Waals surface area (Å²) in [6, 6.07) is 8.56. The minimum atomic E-state index is -3.57. The number of aromatic nitrogens is 4. The fraction of sp³-hybridized carbons (Fsp3) is 0.448. The van der Waals surface area contributed by atoms with Crippen molar-refractivity contribution in [3.05, 3.63) is 60.6 Å². The summed E-state index contributed by atoms with van der Waals surface area (Å²) in [6.07, 6.45) is 1.61. The first kappa shape index (κ1) is 37.9. The maximum Gasteiger partial charge on any atom is 0.373 e. The molecule has 46 heavy (non-hydrogen) atoms. The van der Waals surface area contributed by atoms with Gasteiger partial charge in [-0.25, -0.2) is 24.1 Å². The first-order chi connectivity index (χ1) is 21.7. The van der Waals surface area contributed by atoms with Gasteiger partial charge in [0.1, 0.15) is 23.9 Å². The number of hydrogen-bond acceptors (Lipinski definition) is 13. The van der Waals surface area contributed by atoms with Crippen molar-refractivity contribution in [1.29, 1.82) is 0 Å². The predicted octanol–water partition coefficient (Wildman–Crippen LogP) is 4.02. The number of carboxylic acids is 1. The molecular weight excluding hydrogens is 630 g/mol. The first-order valence-electron chi connectivity index (χ1n) is 13.9. The molecule has 2 N–H and O–H groups in total. The Kier molecular flexibility index (Phi) is 14.3. The van der Waals surface area contributed by atoms with E-state index in [0.29, 0.717) is 22.6 Å². The molecule has 0 radical (unpaired) electrons. The Bertz CT molecular complexity index is 1580. The number of carboxylic acid groups (broad SMARTS) is 1. The SMILES string of the molecule is CCC(C)(O)C(=O)O.CCOC(=O)[C@H](C)C[P@](=O)(CO[C@@H]1C=C(F)[C@H](n2cnc3c(C)ncnc32)O1)Oc1ccccc1.O=C=O. The highest BCUT2D eigenvalue weighted by molar-refractivity contribution is 7.59. The monoisotopic (exact) mass is 666 g/mol. The molecule has 0 saturated carbocycles. The normalized spacial score (nSPS) is 18.6. The molecule has 1 aliphatic heterocycles. The number of rotatable bonds is 12. The van der Waals surface area contributed by atoms with Crippen LogP contribution in [0.2, 0.25) is 0 Å². The van der Waals surface area contributed by atoms with Crippen molar-refractivity contribution in [1.82, 2.24) is 19.5 Å². The molecule has 1 aliphatic rings. The first-order valence-corrected chi connectivity index (χ1v) is 15.9.